The average molecular weight is 194 g/mol. The van der Waals surface area contributed by atoms with Gasteiger partial charge in [-0.15, -0.1) is 16.4 Å². The van der Waals surface area contributed by atoms with E-state index < -0.39 is 0 Å². The molecule has 2 aromatic rings. The molecule has 0 fully saturated rings. The van der Waals surface area contributed by atoms with Gasteiger partial charge in [0.15, 0.2) is 5.82 Å². The zero-order valence-corrected chi connectivity index (χ0v) is 8.30. The van der Waals surface area contributed by atoms with Crippen LogP contribution in [0, 0.1) is 6.92 Å². The average Bonchev–Trinajstić information content (AvgIpc) is 2.60. The number of hydrogen-bond donors (Lipinski definition) is 1. The highest BCUT2D eigenvalue weighted by Crippen LogP contribution is 2.26. The Morgan fingerprint density at radius 3 is 2.77 bits per heavy atom. The molecule has 0 radical (unpaired) electrons. The van der Waals surface area contributed by atoms with Crippen molar-refractivity contribution in [3.63, 3.8) is 0 Å². The molecule has 0 aliphatic carbocycles. The highest BCUT2D eigenvalue weighted by molar-refractivity contribution is 7.13. The summed E-state index contributed by atoms with van der Waals surface area (Å²) < 4.78 is 1.58. The molecular weight excluding hydrogens is 184 g/mol. The van der Waals surface area contributed by atoms with E-state index in [0.717, 1.165) is 4.88 Å². The summed E-state index contributed by atoms with van der Waals surface area (Å²) in [4.78, 5) is 5.24. The monoisotopic (exact) mass is 194 g/mol. The van der Waals surface area contributed by atoms with Gasteiger partial charge in [0, 0.05) is 7.05 Å². The number of nitrogens with two attached hydrogens (primary N) is 1. The lowest BCUT2D eigenvalue weighted by Crippen LogP contribution is -1.97. The number of thiophene rings is 1. The second kappa shape index (κ2) is 2.85. The van der Waals surface area contributed by atoms with Crippen LogP contribution in [0.1, 0.15) is 5.56 Å². The van der Waals surface area contributed by atoms with Gasteiger partial charge in [0.05, 0.1) is 4.88 Å². The van der Waals surface area contributed by atoms with E-state index in [1.165, 1.54) is 5.56 Å². The summed E-state index contributed by atoms with van der Waals surface area (Å²) in [5.74, 6) is 1.16. The summed E-state index contributed by atoms with van der Waals surface area (Å²) in [7, 11) is 1.79. The van der Waals surface area contributed by atoms with Gasteiger partial charge >= 0.3 is 0 Å². The van der Waals surface area contributed by atoms with Crippen LogP contribution in [0.3, 0.4) is 0 Å². The number of anilines is 1. The van der Waals surface area contributed by atoms with Gasteiger partial charge in [0.25, 0.3) is 0 Å². The van der Waals surface area contributed by atoms with Crippen molar-refractivity contribution in [1.82, 2.24) is 14.8 Å². The summed E-state index contributed by atoms with van der Waals surface area (Å²) in [6.07, 6.45) is 0. The lowest BCUT2D eigenvalue weighted by Gasteiger charge is -1.89. The van der Waals surface area contributed by atoms with Crippen LogP contribution in [0.25, 0.3) is 10.7 Å². The molecule has 0 saturated carbocycles. The van der Waals surface area contributed by atoms with Crippen LogP contribution < -0.4 is 5.73 Å². The third-order valence-electron chi connectivity index (χ3n) is 1.86. The van der Waals surface area contributed by atoms with Gasteiger partial charge in [-0.25, -0.2) is 4.68 Å². The zero-order valence-electron chi connectivity index (χ0n) is 7.48. The normalized spacial score (nSPS) is 10.6. The van der Waals surface area contributed by atoms with E-state index in [-0.39, 0.29) is 0 Å². The largest absolute Gasteiger partial charge is 0.368 e. The van der Waals surface area contributed by atoms with Crippen LogP contribution in [0.2, 0.25) is 0 Å². The first-order valence-electron chi connectivity index (χ1n) is 3.89. The van der Waals surface area contributed by atoms with E-state index >= 15 is 0 Å². The van der Waals surface area contributed by atoms with Crippen molar-refractivity contribution in [2.45, 2.75) is 6.92 Å². The number of hydrogen-bond acceptors (Lipinski definition) is 4. The molecule has 13 heavy (non-hydrogen) atoms. The van der Waals surface area contributed by atoms with E-state index in [9.17, 15) is 0 Å². The number of aryl methyl sites for hydroxylation is 2. The van der Waals surface area contributed by atoms with Gasteiger partial charge in [-0.3, -0.25) is 0 Å². The SMILES string of the molecule is Cc1ccsc1-c1nc(N)n(C)n1. The number of aromatic nitrogens is 3. The Morgan fingerprint density at radius 1 is 1.54 bits per heavy atom. The van der Waals surface area contributed by atoms with Crippen LogP contribution in [0.4, 0.5) is 5.95 Å². The molecule has 0 unspecified atom stereocenters. The van der Waals surface area contributed by atoms with Crippen LogP contribution in [0.5, 0.6) is 0 Å². The maximum absolute atomic E-state index is 5.59. The fourth-order valence-corrected chi connectivity index (χ4v) is 1.95. The molecule has 2 rings (SSSR count). The van der Waals surface area contributed by atoms with Crippen molar-refractivity contribution in [1.29, 1.82) is 0 Å². The molecule has 2 heterocycles. The van der Waals surface area contributed by atoms with Crippen molar-refractivity contribution in [2.75, 3.05) is 5.73 Å². The van der Waals surface area contributed by atoms with Crippen LogP contribution in [-0.4, -0.2) is 14.8 Å². The quantitative estimate of drug-likeness (QED) is 0.747. The van der Waals surface area contributed by atoms with Crippen molar-refractivity contribution >= 4 is 17.3 Å². The Labute approximate surface area is 80.0 Å². The maximum atomic E-state index is 5.59. The molecule has 0 aromatic carbocycles. The van der Waals surface area contributed by atoms with Crippen molar-refractivity contribution in [2.24, 2.45) is 7.05 Å². The molecule has 0 spiro atoms. The Hall–Kier alpha value is -1.36. The molecule has 68 valence electrons. The van der Waals surface area contributed by atoms with Crippen molar-refractivity contribution in [3.05, 3.63) is 17.0 Å². The fourth-order valence-electron chi connectivity index (χ4n) is 1.09. The standard InChI is InChI=1S/C8H10N4S/c1-5-3-4-13-6(5)7-10-8(9)12(2)11-7/h3-4H,1-2H3,(H2,9,10,11). The van der Waals surface area contributed by atoms with Gasteiger partial charge in [0.1, 0.15) is 0 Å². The number of nitrogens with zero attached hydrogens (tertiary/aromatic N) is 3. The molecule has 2 N–H and O–H groups in total. The molecule has 0 aliphatic rings. The van der Waals surface area contributed by atoms with Crippen molar-refractivity contribution < 1.29 is 0 Å². The summed E-state index contributed by atoms with van der Waals surface area (Å²) in [6, 6.07) is 2.05. The summed E-state index contributed by atoms with van der Waals surface area (Å²) in [6.45, 7) is 2.04. The van der Waals surface area contributed by atoms with Gasteiger partial charge < -0.3 is 5.73 Å². The van der Waals surface area contributed by atoms with E-state index in [1.54, 1.807) is 23.1 Å². The first-order chi connectivity index (χ1) is 6.18. The Bertz CT molecular complexity index is 410. The molecule has 4 nitrogen and oxygen atoms in total. The number of nitrogen functional groups attached to an aromatic ring is 1. The maximum Gasteiger partial charge on any atom is 0.218 e. The fraction of sp³-hybridized carbons (Fsp3) is 0.250. The Morgan fingerprint density at radius 2 is 2.31 bits per heavy atom. The topological polar surface area (TPSA) is 56.7 Å². The Balaban J connectivity index is 2.53. The number of rotatable bonds is 1. The smallest absolute Gasteiger partial charge is 0.218 e. The summed E-state index contributed by atoms with van der Waals surface area (Å²) in [5.41, 5.74) is 6.78. The minimum atomic E-state index is 0.447. The molecule has 0 bridgehead atoms. The molecule has 2 aromatic heterocycles. The lowest BCUT2D eigenvalue weighted by molar-refractivity contribution is 0.781. The highest BCUT2D eigenvalue weighted by Gasteiger charge is 2.09. The van der Waals surface area contributed by atoms with E-state index in [1.807, 2.05) is 18.4 Å². The van der Waals surface area contributed by atoms with Crippen LogP contribution in [-0.2, 0) is 7.05 Å². The molecule has 0 aliphatic heterocycles. The lowest BCUT2D eigenvalue weighted by atomic mass is 10.3. The van der Waals surface area contributed by atoms with Gasteiger partial charge in [-0.05, 0) is 23.9 Å². The first-order valence-corrected chi connectivity index (χ1v) is 4.77. The van der Waals surface area contributed by atoms with Gasteiger partial charge in [-0.2, -0.15) is 4.98 Å². The molecular formula is C8H10N4S. The molecule has 0 atom stereocenters. The van der Waals surface area contributed by atoms with Crippen LogP contribution >= 0.6 is 11.3 Å². The van der Waals surface area contributed by atoms with Crippen molar-refractivity contribution in [3.8, 4) is 10.7 Å². The molecule has 5 heteroatoms. The van der Waals surface area contributed by atoms with E-state index in [4.69, 9.17) is 5.73 Å². The van der Waals surface area contributed by atoms with Crippen LogP contribution in [0.15, 0.2) is 11.4 Å². The van der Waals surface area contributed by atoms with Gasteiger partial charge in [0.2, 0.25) is 5.95 Å². The predicted molar refractivity (Wildman–Crippen MR) is 53.5 cm³/mol. The summed E-state index contributed by atoms with van der Waals surface area (Å²) in [5, 5.41) is 6.23. The van der Waals surface area contributed by atoms with E-state index in [0.29, 0.717) is 11.8 Å². The second-order valence-corrected chi connectivity index (χ2v) is 3.77. The van der Waals surface area contributed by atoms with E-state index in [2.05, 4.69) is 10.1 Å². The zero-order chi connectivity index (χ0) is 9.42. The second-order valence-electron chi connectivity index (χ2n) is 2.85. The third-order valence-corrected chi connectivity index (χ3v) is 2.87. The predicted octanol–water partition coefficient (Wildman–Crippen LogP) is 1.43. The van der Waals surface area contributed by atoms with Gasteiger partial charge in [-0.1, -0.05) is 0 Å². The summed E-state index contributed by atoms with van der Waals surface area (Å²) >= 11 is 1.63. The third kappa shape index (κ3) is 1.31. The molecule has 0 amide bonds. The first kappa shape index (κ1) is 8.25. The molecule has 0 saturated heterocycles. The minimum Gasteiger partial charge on any atom is -0.368 e. The Kier molecular flexibility index (Phi) is 1.81. The minimum absolute atomic E-state index is 0.447. The highest BCUT2D eigenvalue weighted by atomic mass is 32.1.